The number of aryl methyl sites for hydroxylation is 1. The summed E-state index contributed by atoms with van der Waals surface area (Å²) < 4.78 is 5.12. The predicted molar refractivity (Wildman–Crippen MR) is 88.9 cm³/mol. The van der Waals surface area contributed by atoms with Crippen LogP contribution < -0.4 is 0 Å². The van der Waals surface area contributed by atoms with Crippen LogP contribution in [0, 0.1) is 0 Å². The molecule has 2 aromatic rings. The Labute approximate surface area is 139 Å². The number of piperazine rings is 1. The fraction of sp³-hybridized carbons (Fsp3) is 0.438. The second-order valence-corrected chi connectivity index (χ2v) is 6.23. The molecule has 23 heavy (non-hydrogen) atoms. The lowest BCUT2D eigenvalue weighted by molar-refractivity contribution is -0.127. The number of rotatable bonds is 5. The highest BCUT2D eigenvalue weighted by molar-refractivity contribution is 7.08. The van der Waals surface area contributed by atoms with Crippen LogP contribution >= 0.6 is 11.3 Å². The first-order chi connectivity index (χ1) is 11.2. The second kappa shape index (κ2) is 7.52. The highest BCUT2D eigenvalue weighted by Gasteiger charge is 2.21. The molecule has 3 rings (SSSR count). The van der Waals surface area contributed by atoms with Crippen molar-refractivity contribution in [1.82, 2.24) is 19.9 Å². The zero-order valence-corrected chi connectivity index (χ0v) is 14.0. The molecule has 0 bridgehead atoms. The second-order valence-electron chi connectivity index (χ2n) is 5.45. The number of hydrogen-bond donors (Lipinski definition) is 0. The maximum absolute atomic E-state index is 12.2. The highest BCUT2D eigenvalue weighted by atomic mass is 32.1. The van der Waals surface area contributed by atoms with Crippen molar-refractivity contribution in [3.63, 3.8) is 0 Å². The van der Waals surface area contributed by atoms with Crippen molar-refractivity contribution in [1.29, 1.82) is 0 Å². The van der Waals surface area contributed by atoms with E-state index in [0.29, 0.717) is 12.4 Å². The Morgan fingerprint density at radius 1 is 1.39 bits per heavy atom. The average Bonchev–Trinajstić information content (AvgIpc) is 3.25. The Hall–Kier alpha value is -1.99. The van der Waals surface area contributed by atoms with Gasteiger partial charge in [0.25, 0.3) is 0 Å². The molecule has 1 fully saturated rings. The monoisotopic (exact) mass is 332 g/mol. The molecule has 2 aromatic heterocycles. The number of nitrogens with zero attached hydrogens (tertiary/aromatic N) is 4. The SMILES string of the molecule is CCc1nc(CN2CCN(C(=O)C=Cc3ccsc3)CC2)no1. The summed E-state index contributed by atoms with van der Waals surface area (Å²) in [7, 11) is 0. The molecular formula is C16H20N4O2S. The molecule has 1 aliphatic heterocycles. The molecule has 6 nitrogen and oxygen atoms in total. The first-order valence-corrected chi connectivity index (χ1v) is 8.72. The van der Waals surface area contributed by atoms with E-state index >= 15 is 0 Å². The summed E-state index contributed by atoms with van der Waals surface area (Å²) in [5.74, 6) is 1.47. The van der Waals surface area contributed by atoms with Gasteiger partial charge < -0.3 is 9.42 Å². The molecule has 0 N–H and O–H groups in total. The topological polar surface area (TPSA) is 62.5 Å². The van der Waals surface area contributed by atoms with Gasteiger partial charge in [0.05, 0.1) is 6.54 Å². The molecule has 122 valence electrons. The molecule has 3 heterocycles. The fourth-order valence-corrected chi connectivity index (χ4v) is 3.10. The van der Waals surface area contributed by atoms with Gasteiger partial charge in [-0.15, -0.1) is 0 Å². The molecule has 1 aliphatic rings. The van der Waals surface area contributed by atoms with Gasteiger partial charge in [-0.25, -0.2) is 0 Å². The maximum atomic E-state index is 12.2. The Morgan fingerprint density at radius 2 is 2.22 bits per heavy atom. The van der Waals surface area contributed by atoms with Crippen LogP contribution in [0.25, 0.3) is 6.08 Å². The third-order valence-corrected chi connectivity index (χ3v) is 4.52. The summed E-state index contributed by atoms with van der Waals surface area (Å²) in [5, 5.41) is 8.00. The minimum atomic E-state index is 0.0729. The molecule has 7 heteroatoms. The summed E-state index contributed by atoms with van der Waals surface area (Å²) >= 11 is 1.63. The Balaban J connectivity index is 1.47. The summed E-state index contributed by atoms with van der Waals surface area (Å²) in [6.45, 7) is 5.78. The summed E-state index contributed by atoms with van der Waals surface area (Å²) in [6, 6.07) is 2.00. The van der Waals surface area contributed by atoms with Crippen molar-refractivity contribution in [2.24, 2.45) is 0 Å². The van der Waals surface area contributed by atoms with Crippen molar-refractivity contribution in [3.05, 3.63) is 40.2 Å². The molecule has 0 spiro atoms. The summed E-state index contributed by atoms with van der Waals surface area (Å²) in [4.78, 5) is 20.6. The number of carbonyl (C=O) groups is 1. The van der Waals surface area contributed by atoms with Crippen LogP contribution in [0.4, 0.5) is 0 Å². The first-order valence-electron chi connectivity index (χ1n) is 7.77. The largest absolute Gasteiger partial charge is 0.339 e. The van der Waals surface area contributed by atoms with Gasteiger partial charge >= 0.3 is 0 Å². The van der Waals surface area contributed by atoms with Gasteiger partial charge in [-0.1, -0.05) is 12.1 Å². The number of hydrogen-bond acceptors (Lipinski definition) is 6. The van der Waals surface area contributed by atoms with Crippen molar-refractivity contribution >= 4 is 23.3 Å². The fourth-order valence-electron chi connectivity index (χ4n) is 2.47. The predicted octanol–water partition coefficient (Wildman–Crippen LogP) is 2.05. The van der Waals surface area contributed by atoms with E-state index in [1.54, 1.807) is 17.4 Å². The molecule has 1 amide bonds. The number of thiophene rings is 1. The summed E-state index contributed by atoms with van der Waals surface area (Å²) in [6.07, 6.45) is 4.28. The van der Waals surface area contributed by atoms with Crippen molar-refractivity contribution in [3.8, 4) is 0 Å². The van der Waals surface area contributed by atoms with E-state index in [0.717, 1.165) is 44.0 Å². The van der Waals surface area contributed by atoms with Gasteiger partial charge in [-0.2, -0.15) is 16.3 Å². The van der Waals surface area contributed by atoms with Gasteiger partial charge in [0.1, 0.15) is 0 Å². The number of amides is 1. The van der Waals surface area contributed by atoms with E-state index in [4.69, 9.17) is 4.52 Å². The number of aromatic nitrogens is 2. The van der Waals surface area contributed by atoms with Crippen LogP contribution in [0.3, 0.4) is 0 Å². The van der Waals surface area contributed by atoms with Crippen LogP contribution in [0.1, 0.15) is 24.2 Å². The molecule has 1 saturated heterocycles. The lowest BCUT2D eigenvalue weighted by atomic mass is 10.2. The van der Waals surface area contributed by atoms with Crippen LogP contribution in [0.2, 0.25) is 0 Å². The normalized spacial score (nSPS) is 16.3. The molecule has 0 saturated carbocycles. The molecule has 0 aromatic carbocycles. The Bertz CT molecular complexity index is 657. The Morgan fingerprint density at radius 3 is 2.87 bits per heavy atom. The van der Waals surface area contributed by atoms with E-state index in [9.17, 15) is 4.79 Å². The third-order valence-electron chi connectivity index (χ3n) is 3.82. The lowest BCUT2D eigenvalue weighted by Crippen LogP contribution is -2.47. The van der Waals surface area contributed by atoms with E-state index < -0.39 is 0 Å². The van der Waals surface area contributed by atoms with Gasteiger partial charge in [-0.05, 0) is 28.5 Å². The van der Waals surface area contributed by atoms with Crippen molar-refractivity contribution in [2.45, 2.75) is 19.9 Å². The third kappa shape index (κ3) is 4.27. The zero-order chi connectivity index (χ0) is 16.1. The summed E-state index contributed by atoms with van der Waals surface area (Å²) in [5.41, 5.74) is 1.07. The standard InChI is InChI=1S/C16H20N4O2S/c1-2-15-17-14(18-22-15)11-19-6-8-20(9-7-19)16(21)4-3-13-5-10-23-12-13/h3-5,10,12H,2,6-9,11H2,1H3. The molecule has 0 radical (unpaired) electrons. The van der Waals surface area contributed by atoms with Crippen LogP contribution in [-0.2, 0) is 17.8 Å². The van der Waals surface area contributed by atoms with Gasteiger partial charge in [0, 0.05) is 38.7 Å². The van der Waals surface area contributed by atoms with Crippen LogP contribution in [0.15, 0.2) is 27.4 Å². The van der Waals surface area contributed by atoms with Gasteiger partial charge in [0.2, 0.25) is 11.8 Å². The quantitative estimate of drug-likeness (QED) is 0.784. The lowest BCUT2D eigenvalue weighted by Gasteiger charge is -2.33. The average molecular weight is 332 g/mol. The van der Waals surface area contributed by atoms with E-state index in [1.807, 2.05) is 34.7 Å². The maximum Gasteiger partial charge on any atom is 0.246 e. The molecular weight excluding hydrogens is 312 g/mol. The first kappa shape index (κ1) is 15.9. The van der Waals surface area contributed by atoms with Crippen molar-refractivity contribution < 1.29 is 9.32 Å². The van der Waals surface area contributed by atoms with E-state index in [2.05, 4.69) is 15.0 Å². The highest BCUT2D eigenvalue weighted by Crippen LogP contribution is 2.10. The van der Waals surface area contributed by atoms with Crippen LogP contribution in [0.5, 0.6) is 0 Å². The van der Waals surface area contributed by atoms with E-state index in [1.165, 1.54) is 0 Å². The number of carbonyl (C=O) groups excluding carboxylic acids is 1. The molecule has 0 aliphatic carbocycles. The molecule has 0 atom stereocenters. The minimum absolute atomic E-state index is 0.0729. The minimum Gasteiger partial charge on any atom is -0.339 e. The van der Waals surface area contributed by atoms with E-state index in [-0.39, 0.29) is 5.91 Å². The van der Waals surface area contributed by atoms with Crippen LogP contribution in [-0.4, -0.2) is 52.0 Å². The van der Waals surface area contributed by atoms with Gasteiger partial charge in [0.15, 0.2) is 5.82 Å². The zero-order valence-electron chi connectivity index (χ0n) is 13.1. The smallest absolute Gasteiger partial charge is 0.246 e. The van der Waals surface area contributed by atoms with Gasteiger partial charge in [-0.3, -0.25) is 9.69 Å². The molecule has 0 unspecified atom stereocenters. The van der Waals surface area contributed by atoms with Crippen molar-refractivity contribution in [2.75, 3.05) is 26.2 Å². The Kier molecular flexibility index (Phi) is 5.19.